The molecule has 2 aliphatic rings. The van der Waals surface area contributed by atoms with Crippen LogP contribution in [0.25, 0.3) is 0 Å². The summed E-state index contributed by atoms with van der Waals surface area (Å²) in [6.07, 6.45) is 2.11. The fourth-order valence-corrected chi connectivity index (χ4v) is 2.36. The van der Waals surface area contributed by atoms with Crippen molar-refractivity contribution >= 4 is 0 Å². The van der Waals surface area contributed by atoms with Gasteiger partial charge in [-0.15, -0.1) is 0 Å². The predicted molar refractivity (Wildman–Crippen MR) is 55.2 cm³/mol. The maximum atomic E-state index is 13.1. The number of ether oxygens (including phenoxy) is 1. The first-order valence-corrected chi connectivity index (χ1v) is 5.48. The van der Waals surface area contributed by atoms with E-state index >= 15 is 0 Å². The molecule has 1 fully saturated rings. The van der Waals surface area contributed by atoms with Gasteiger partial charge in [0.25, 0.3) is 0 Å². The minimum Gasteiger partial charge on any atom is -0.372 e. The Morgan fingerprint density at radius 2 is 2.27 bits per heavy atom. The Morgan fingerprint density at radius 3 is 3.00 bits per heavy atom. The van der Waals surface area contributed by atoms with Crippen LogP contribution in [0.3, 0.4) is 0 Å². The maximum Gasteiger partial charge on any atom is 0.123 e. The van der Waals surface area contributed by atoms with Gasteiger partial charge in [0, 0.05) is 6.04 Å². The van der Waals surface area contributed by atoms with Crippen LogP contribution in [-0.2, 0) is 11.2 Å². The van der Waals surface area contributed by atoms with E-state index in [-0.39, 0.29) is 11.9 Å². The lowest BCUT2D eigenvalue weighted by Gasteiger charge is -2.38. The monoisotopic (exact) mass is 207 g/mol. The Balaban J connectivity index is 1.95. The number of benzene rings is 1. The van der Waals surface area contributed by atoms with Gasteiger partial charge in [-0.05, 0) is 42.6 Å². The number of rotatable bonds is 1. The van der Waals surface area contributed by atoms with Crippen molar-refractivity contribution in [3.63, 3.8) is 0 Å². The third kappa shape index (κ3) is 1.56. The van der Waals surface area contributed by atoms with Gasteiger partial charge in [-0.1, -0.05) is 6.07 Å². The molecule has 2 atom stereocenters. The Morgan fingerprint density at radius 1 is 1.40 bits per heavy atom. The van der Waals surface area contributed by atoms with E-state index < -0.39 is 0 Å². The third-order valence-corrected chi connectivity index (χ3v) is 3.31. The summed E-state index contributed by atoms with van der Waals surface area (Å²) in [7, 11) is 0. The van der Waals surface area contributed by atoms with Crippen LogP contribution in [0.5, 0.6) is 0 Å². The molecule has 2 heterocycles. The zero-order chi connectivity index (χ0) is 10.3. The highest BCUT2D eigenvalue weighted by Gasteiger charge is 2.32. The second kappa shape index (κ2) is 3.58. The second-order valence-electron chi connectivity index (χ2n) is 4.23. The van der Waals surface area contributed by atoms with Crippen LogP contribution in [0.2, 0.25) is 0 Å². The van der Waals surface area contributed by atoms with E-state index in [1.165, 1.54) is 11.6 Å². The third-order valence-electron chi connectivity index (χ3n) is 3.31. The van der Waals surface area contributed by atoms with Gasteiger partial charge in [0.2, 0.25) is 0 Å². The van der Waals surface area contributed by atoms with Crippen LogP contribution in [0.4, 0.5) is 4.39 Å². The average Bonchev–Trinajstić information content (AvgIpc) is 2.15. The van der Waals surface area contributed by atoms with E-state index in [4.69, 9.17) is 4.74 Å². The van der Waals surface area contributed by atoms with Crippen LogP contribution in [0.15, 0.2) is 18.2 Å². The van der Waals surface area contributed by atoms with Crippen molar-refractivity contribution in [3.8, 4) is 0 Å². The molecular weight excluding hydrogens is 193 g/mol. The molecule has 0 bridgehead atoms. The Kier molecular flexibility index (Phi) is 2.22. The molecule has 1 aromatic carbocycles. The zero-order valence-corrected chi connectivity index (χ0v) is 8.50. The van der Waals surface area contributed by atoms with Crippen molar-refractivity contribution in [2.24, 2.45) is 0 Å². The molecule has 80 valence electrons. The summed E-state index contributed by atoms with van der Waals surface area (Å²) in [6, 6.07) is 5.46. The molecule has 2 nitrogen and oxygen atoms in total. The minimum atomic E-state index is -0.143. The predicted octanol–water partition coefficient (Wildman–Crippen LogP) is 1.80. The molecule has 0 radical (unpaired) electrons. The fraction of sp³-hybridized carbons (Fsp3) is 0.500. The number of fused-ring (bicyclic) bond motifs is 1. The largest absolute Gasteiger partial charge is 0.372 e. The van der Waals surface area contributed by atoms with Gasteiger partial charge in [-0.25, -0.2) is 4.39 Å². The first-order chi connectivity index (χ1) is 7.34. The summed E-state index contributed by atoms with van der Waals surface area (Å²) in [5.74, 6) is -0.143. The molecule has 15 heavy (non-hydrogen) atoms. The molecule has 1 N–H and O–H groups in total. The van der Waals surface area contributed by atoms with E-state index in [0.29, 0.717) is 12.6 Å². The SMILES string of the molecule is Fc1ccc2c(c1)CCO[C@H]2C1CCN1. The minimum absolute atomic E-state index is 0.128. The van der Waals surface area contributed by atoms with Crippen molar-refractivity contribution in [1.29, 1.82) is 0 Å². The molecule has 0 aliphatic carbocycles. The summed E-state index contributed by atoms with van der Waals surface area (Å²) >= 11 is 0. The molecule has 3 heteroatoms. The average molecular weight is 207 g/mol. The van der Waals surface area contributed by atoms with Crippen molar-refractivity contribution in [2.75, 3.05) is 13.2 Å². The van der Waals surface area contributed by atoms with E-state index in [1.807, 2.05) is 6.07 Å². The van der Waals surface area contributed by atoms with Gasteiger partial charge in [0.1, 0.15) is 5.82 Å². The molecule has 2 aliphatic heterocycles. The van der Waals surface area contributed by atoms with Crippen molar-refractivity contribution in [2.45, 2.75) is 25.0 Å². The summed E-state index contributed by atoms with van der Waals surface area (Å²) in [5.41, 5.74) is 2.28. The van der Waals surface area contributed by atoms with E-state index in [2.05, 4.69) is 5.32 Å². The van der Waals surface area contributed by atoms with Gasteiger partial charge in [0.15, 0.2) is 0 Å². The Bertz CT molecular complexity index is 376. The molecule has 1 aromatic rings. The number of nitrogens with one attached hydrogen (secondary N) is 1. The smallest absolute Gasteiger partial charge is 0.123 e. The quantitative estimate of drug-likeness (QED) is 0.758. The molecule has 0 saturated carbocycles. The number of hydrogen-bond acceptors (Lipinski definition) is 2. The highest BCUT2D eigenvalue weighted by Crippen LogP contribution is 2.33. The van der Waals surface area contributed by atoms with Crippen molar-refractivity contribution in [1.82, 2.24) is 5.32 Å². The van der Waals surface area contributed by atoms with Crippen LogP contribution in [0.1, 0.15) is 23.7 Å². The Hall–Kier alpha value is -0.930. The number of halogens is 1. The lowest BCUT2D eigenvalue weighted by molar-refractivity contribution is -0.00159. The summed E-state index contributed by atoms with van der Waals surface area (Å²) in [5, 5.41) is 3.35. The summed E-state index contributed by atoms with van der Waals surface area (Å²) in [4.78, 5) is 0. The Labute approximate surface area is 88.4 Å². The molecule has 0 spiro atoms. The lowest BCUT2D eigenvalue weighted by atomic mass is 9.89. The molecule has 0 aromatic heterocycles. The molecule has 1 saturated heterocycles. The van der Waals surface area contributed by atoms with E-state index in [9.17, 15) is 4.39 Å². The lowest BCUT2D eigenvalue weighted by Crippen LogP contribution is -2.48. The zero-order valence-electron chi connectivity index (χ0n) is 8.50. The topological polar surface area (TPSA) is 21.3 Å². The number of hydrogen-bond donors (Lipinski definition) is 1. The maximum absolute atomic E-state index is 13.1. The molecule has 3 rings (SSSR count). The van der Waals surface area contributed by atoms with Crippen LogP contribution in [-0.4, -0.2) is 19.2 Å². The molecule has 1 unspecified atom stereocenters. The van der Waals surface area contributed by atoms with Gasteiger partial charge in [-0.2, -0.15) is 0 Å². The van der Waals surface area contributed by atoms with Gasteiger partial charge in [-0.3, -0.25) is 0 Å². The van der Waals surface area contributed by atoms with Crippen LogP contribution in [0, 0.1) is 5.82 Å². The summed E-state index contributed by atoms with van der Waals surface area (Å²) < 4.78 is 18.8. The van der Waals surface area contributed by atoms with Gasteiger partial charge < -0.3 is 10.1 Å². The normalized spacial score (nSPS) is 29.4. The first-order valence-electron chi connectivity index (χ1n) is 5.48. The fourth-order valence-electron chi connectivity index (χ4n) is 2.36. The van der Waals surface area contributed by atoms with Crippen LogP contribution < -0.4 is 5.32 Å². The van der Waals surface area contributed by atoms with E-state index in [0.717, 1.165) is 24.9 Å². The van der Waals surface area contributed by atoms with Crippen molar-refractivity contribution < 1.29 is 9.13 Å². The van der Waals surface area contributed by atoms with Gasteiger partial charge in [0.05, 0.1) is 12.7 Å². The highest BCUT2D eigenvalue weighted by atomic mass is 19.1. The standard InChI is InChI=1S/C12H14FNO/c13-9-1-2-10-8(7-9)4-6-15-12(10)11-3-5-14-11/h1-2,7,11-12,14H,3-6H2/t11?,12-/m1/s1. The molecular formula is C12H14FNO. The van der Waals surface area contributed by atoms with Crippen LogP contribution >= 0.6 is 0 Å². The van der Waals surface area contributed by atoms with Crippen molar-refractivity contribution in [3.05, 3.63) is 35.1 Å². The summed E-state index contributed by atoms with van der Waals surface area (Å²) in [6.45, 7) is 1.78. The van der Waals surface area contributed by atoms with Gasteiger partial charge >= 0.3 is 0 Å². The highest BCUT2D eigenvalue weighted by molar-refractivity contribution is 5.33. The van der Waals surface area contributed by atoms with E-state index in [1.54, 1.807) is 6.07 Å². The second-order valence-corrected chi connectivity index (χ2v) is 4.23. The first kappa shape index (κ1) is 9.31. The molecule has 0 amide bonds.